The van der Waals surface area contributed by atoms with Gasteiger partial charge in [-0.05, 0) is 26.7 Å². The van der Waals surface area contributed by atoms with E-state index in [0.717, 1.165) is 12.8 Å². The van der Waals surface area contributed by atoms with E-state index in [1.807, 2.05) is 13.8 Å². The summed E-state index contributed by atoms with van der Waals surface area (Å²) in [4.78, 5) is 10.6. The molecule has 0 unspecified atom stereocenters. The summed E-state index contributed by atoms with van der Waals surface area (Å²) in [5.41, 5.74) is 0. The van der Waals surface area contributed by atoms with Crippen molar-refractivity contribution in [1.29, 1.82) is 0 Å². The lowest BCUT2D eigenvalue weighted by molar-refractivity contribution is -0.122. The zero-order chi connectivity index (χ0) is 9.14. The van der Waals surface area contributed by atoms with Crippen molar-refractivity contribution in [3.05, 3.63) is 0 Å². The summed E-state index contributed by atoms with van der Waals surface area (Å²) in [6.45, 7) is 5.62. The summed E-state index contributed by atoms with van der Waals surface area (Å²) in [5, 5.41) is 2.86. The van der Waals surface area contributed by atoms with E-state index in [1.54, 1.807) is 6.92 Å². The van der Waals surface area contributed by atoms with Crippen LogP contribution in [0.1, 0.15) is 33.6 Å². The summed E-state index contributed by atoms with van der Waals surface area (Å²) in [5.74, 6) is 0.0583. The quantitative estimate of drug-likeness (QED) is 0.690. The number of hydrogen-bond acceptors (Lipinski definition) is 2. The lowest BCUT2D eigenvalue weighted by Gasteiger charge is -2.36. The SMILES string of the molecule is CC(=O)NC1CC(OC(C)C)C1. The Hall–Kier alpha value is -0.570. The van der Waals surface area contributed by atoms with Gasteiger partial charge >= 0.3 is 0 Å². The first-order valence-corrected chi connectivity index (χ1v) is 4.50. The molecule has 1 saturated carbocycles. The second-order valence-corrected chi connectivity index (χ2v) is 3.68. The minimum absolute atomic E-state index is 0.0583. The first-order valence-electron chi connectivity index (χ1n) is 4.50. The number of hydrogen-bond donors (Lipinski definition) is 1. The molecule has 3 heteroatoms. The number of nitrogens with one attached hydrogen (secondary N) is 1. The Bertz CT molecular complexity index is 162. The number of ether oxygens (including phenoxy) is 1. The highest BCUT2D eigenvalue weighted by atomic mass is 16.5. The molecule has 1 aliphatic rings. The summed E-state index contributed by atoms with van der Waals surface area (Å²) in [7, 11) is 0. The second kappa shape index (κ2) is 3.90. The minimum atomic E-state index is 0.0583. The molecular formula is C9H17NO2. The summed E-state index contributed by atoms with van der Waals surface area (Å²) in [6.07, 6.45) is 2.60. The van der Waals surface area contributed by atoms with E-state index in [4.69, 9.17) is 4.74 Å². The molecule has 70 valence electrons. The molecule has 0 spiro atoms. The fourth-order valence-electron chi connectivity index (χ4n) is 1.47. The van der Waals surface area contributed by atoms with Gasteiger partial charge in [-0.15, -0.1) is 0 Å². The lowest BCUT2D eigenvalue weighted by atomic mass is 9.89. The van der Waals surface area contributed by atoms with Crippen LogP contribution in [0.3, 0.4) is 0 Å². The van der Waals surface area contributed by atoms with Gasteiger partial charge in [-0.1, -0.05) is 0 Å². The van der Waals surface area contributed by atoms with Crippen LogP contribution in [0.15, 0.2) is 0 Å². The maximum atomic E-state index is 10.6. The molecule has 0 aromatic carbocycles. The molecule has 12 heavy (non-hydrogen) atoms. The van der Waals surface area contributed by atoms with E-state index < -0.39 is 0 Å². The first-order chi connectivity index (χ1) is 5.58. The van der Waals surface area contributed by atoms with Crippen LogP contribution >= 0.6 is 0 Å². The van der Waals surface area contributed by atoms with Gasteiger partial charge in [0.1, 0.15) is 0 Å². The molecule has 1 rings (SSSR count). The van der Waals surface area contributed by atoms with Gasteiger partial charge in [0, 0.05) is 13.0 Å². The van der Waals surface area contributed by atoms with Crippen LogP contribution in [0, 0.1) is 0 Å². The number of rotatable bonds is 3. The zero-order valence-electron chi connectivity index (χ0n) is 7.96. The second-order valence-electron chi connectivity index (χ2n) is 3.68. The van der Waals surface area contributed by atoms with Crippen molar-refractivity contribution in [2.75, 3.05) is 0 Å². The van der Waals surface area contributed by atoms with Crippen LogP contribution in [0.5, 0.6) is 0 Å². The lowest BCUT2D eigenvalue weighted by Crippen LogP contribution is -2.47. The van der Waals surface area contributed by atoms with Gasteiger partial charge in [0.05, 0.1) is 12.2 Å². The molecule has 0 radical (unpaired) electrons. The largest absolute Gasteiger partial charge is 0.375 e. The van der Waals surface area contributed by atoms with Gasteiger partial charge < -0.3 is 10.1 Å². The Morgan fingerprint density at radius 1 is 1.50 bits per heavy atom. The maximum absolute atomic E-state index is 10.6. The molecule has 1 fully saturated rings. The Balaban J connectivity index is 2.08. The van der Waals surface area contributed by atoms with Crippen LogP contribution in [0.2, 0.25) is 0 Å². The Kier molecular flexibility index (Phi) is 3.09. The van der Waals surface area contributed by atoms with Gasteiger partial charge in [0.25, 0.3) is 0 Å². The summed E-state index contributed by atoms with van der Waals surface area (Å²) >= 11 is 0. The molecule has 0 aromatic heterocycles. The van der Waals surface area contributed by atoms with Crippen molar-refractivity contribution in [1.82, 2.24) is 5.32 Å². The summed E-state index contributed by atoms with van der Waals surface area (Å²) in [6, 6.07) is 0.353. The predicted molar refractivity (Wildman–Crippen MR) is 46.8 cm³/mol. The number of carbonyl (C=O) groups excluding carboxylic acids is 1. The molecule has 1 amide bonds. The first kappa shape index (κ1) is 9.52. The Morgan fingerprint density at radius 3 is 2.50 bits per heavy atom. The molecule has 1 N–H and O–H groups in total. The van der Waals surface area contributed by atoms with Crippen molar-refractivity contribution in [2.24, 2.45) is 0 Å². The summed E-state index contributed by atoms with van der Waals surface area (Å²) < 4.78 is 5.55. The average Bonchev–Trinajstić information content (AvgIpc) is 1.80. The molecule has 0 aliphatic heterocycles. The molecule has 3 nitrogen and oxygen atoms in total. The van der Waals surface area contributed by atoms with Crippen molar-refractivity contribution in [2.45, 2.75) is 51.9 Å². The molecule has 0 atom stereocenters. The Morgan fingerprint density at radius 2 is 2.08 bits per heavy atom. The van der Waals surface area contributed by atoms with E-state index in [1.165, 1.54) is 0 Å². The zero-order valence-corrected chi connectivity index (χ0v) is 7.96. The normalized spacial score (nSPS) is 28.3. The highest BCUT2D eigenvalue weighted by Crippen LogP contribution is 2.24. The number of amides is 1. The fourth-order valence-corrected chi connectivity index (χ4v) is 1.47. The third-order valence-corrected chi connectivity index (χ3v) is 1.97. The van der Waals surface area contributed by atoms with Crippen molar-refractivity contribution >= 4 is 5.91 Å². The minimum Gasteiger partial charge on any atom is -0.375 e. The third kappa shape index (κ3) is 2.81. The molecule has 0 saturated heterocycles. The van der Waals surface area contributed by atoms with Crippen molar-refractivity contribution in [3.8, 4) is 0 Å². The van der Waals surface area contributed by atoms with Gasteiger partial charge in [-0.3, -0.25) is 4.79 Å². The topological polar surface area (TPSA) is 38.3 Å². The van der Waals surface area contributed by atoms with E-state index in [2.05, 4.69) is 5.32 Å². The molecule has 0 bridgehead atoms. The van der Waals surface area contributed by atoms with E-state index in [-0.39, 0.29) is 5.91 Å². The van der Waals surface area contributed by atoms with Gasteiger partial charge in [-0.2, -0.15) is 0 Å². The van der Waals surface area contributed by atoms with Crippen LogP contribution in [-0.2, 0) is 9.53 Å². The molecule has 0 heterocycles. The molecular weight excluding hydrogens is 154 g/mol. The van der Waals surface area contributed by atoms with Crippen LogP contribution in [0.4, 0.5) is 0 Å². The third-order valence-electron chi connectivity index (χ3n) is 1.97. The Labute approximate surface area is 73.5 Å². The fraction of sp³-hybridized carbons (Fsp3) is 0.889. The van der Waals surface area contributed by atoms with Crippen LogP contribution in [0.25, 0.3) is 0 Å². The molecule has 0 aromatic rings. The van der Waals surface area contributed by atoms with Gasteiger partial charge in [0.15, 0.2) is 0 Å². The van der Waals surface area contributed by atoms with Crippen molar-refractivity contribution in [3.63, 3.8) is 0 Å². The number of carbonyl (C=O) groups is 1. The predicted octanol–water partition coefficient (Wildman–Crippen LogP) is 1.08. The van der Waals surface area contributed by atoms with Crippen molar-refractivity contribution < 1.29 is 9.53 Å². The molecule has 1 aliphatic carbocycles. The monoisotopic (exact) mass is 171 g/mol. The van der Waals surface area contributed by atoms with Gasteiger partial charge in [-0.25, -0.2) is 0 Å². The van der Waals surface area contributed by atoms with E-state index in [0.29, 0.717) is 18.2 Å². The van der Waals surface area contributed by atoms with Crippen LogP contribution in [-0.4, -0.2) is 24.2 Å². The highest BCUT2D eigenvalue weighted by Gasteiger charge is 2.30. The van der Waals surface area contributed by atoms with E-state index in [9.17, 15) is 4.79 Å². The van der Waals surface area contributed by atoms with E-state index >= 15 is 0 Å². The smallest absolute Gasteiger partial charge is 0.217 e. The standard InChI is InChI=1S/C9H17NO2/c1-6(2)12-9-4-8(5-9)10-7(3)11/h6,8-9H,4-5H2,1-3H3,(H,10,11). The maximum Gasteiger partial charge on any atom is 0.217 e. The van der Waals surface area contributed by atoms with Crippen LogP contribution < -0.4 is 5.32 Å². The van der Waals surface area contributed by atoms with Gasteiger partial charge in [0.2, 0.25) is 5.91 Å². The average molecular weight is 171 g/mol. The highest BCUT2D eigenvalue weighted by molar-refractivity contribution is 5.73.